The van der Waals surface area contributed by atoms with Crippen LogP contribution in [0.25, 0.3) is 11.1 Å². The fourth-order valence-electron chi connectivity index (χ4n) is 2.47. The smallest absolute Gasteiger partial charge is 0.0178 e. The molecule has 0 unspecified atom stereocenters. The highest BCUT2D eigenvalue weighted by Crippen LogP contribution is 2.25. The van der Waals surface area contributed by atoms with Gasteiger partial charge in [-0.05, 0) is 47.1 Å². The van der Waals surface area contributed by atoms with Gasteiger partial charge in [-0.15, -0.1) is 0 Å². The summed E-state index contributed by atoms with van der Waals surface area (Å²) in [7, 11) is 0. The third kappa shape index (κ3) is 3.45. The molecule has 1 heteroatoms. The lowest BCUT2D eigenvalue weighted by atomic mass is 9.96. The molecule has 0 saturated heterocycles. The quantitative estimate of drug-likeness (QED) is 0.863. The summed E-state index contributed by atoms with van der Waals surface area (Å²) in [5.41, 5.74) is 12.2. The van der Waals surface area contributed by atoms with Crippen LogP contribution < -0.4 is 5.73 Å². The summed E-state index contributed by atoms with van der Waals surface area (Å²) in [5, 5.41) is 0. The Balaban J connectivity index is 2.27. The highest BCUT2D eigenvalue weighted by molar-refractivity contribution is 5.67. The fourth-order valence-corrected chi connectivity index (χ4v) is 2.47. The van der Waals surface area contributed by atoms with Gasteiger partial charge in [0, 0.05) is 6.54 Å². The third-order valence-corrected chi connectivity index (χ3v) is 3.44. The van der Waals surface area contributed by atoms with Gasteiger partial charge >= 0.3 is 0 Å². The van der Waals surface area contributed by atoms with Crippen molar-refractivity contribution in [1.29, 1.82) is 0 Å². The zero-order valence-electron chi connectivity index (χ0n) is 12.1. The number of nitrogens with two attached hydrogens (primary N) is 1. The lowest BCUT2D eigenvalue weighted by Gasteiger charge is -2.10. The minimum atomic E-state index is 0.606. The maximum absolute atomic E-state index is 5.67. The van der Waals surface area contributed by atoms with Gasteiger partial charge in [-0.3, -0.25) is 0 Å². The Bertz CT molecular complexity index is 538. The van der Waals surface area contributed by atoms with E-state index in [2.05, 4.69) is 63.2 Å². The zero-order valence-corrected chi connectivity index (χ0v) is 12.1. The molecule has 100 valence electrons. The minimum Gasteiger partial charge on any atom is -0.326 e. The summed E-state index contributed by atoms with van der Waals surface area (Å²) in [6.45, 7) is 7.26. The lowest BCUT2D eigenvalue weighted by Crippen LogP contribution is -1.97. The van der Waals surface area contributed by atoms with E-state index < -0.39 is 0 Å². The van der Waals surface area contributed by atoms with Gasteiger partial charge in [-0.25, -0.2) is 0 Å². The lowest BCUT2D eigenvalue weighted by molar-refractivity contribution is 0.647. The highest BCUT2D eigenvalue weighted by Gasteiger charge is 2.04. The average Bonchev–Trinajstić information content (AvgIpc) is 2.39. The second-order valence-corrected chi connectivity index (χ2v) is 5.65. The van der Waals surface area contributed by atoms with E-state index in [-0.39, 0.29) is 0 Å². The summed E-state index contributed by atoms with van der Waals surface area (Å²) < 4.78 is 0. The van der Waals surface area contributed by atoms with Crippen LogP contribution in [-0.4, -0.2) is 0 Å². The molecule has 0 heterocycles. The molecule has 0 bridgehead atoms. The summed E-state index contributed by atoms with van der Waals surface area (Å²) in [6.07, 6.45) is 1.14. The molecule has 0 saturated carbocycles. The van der Waals surface area contributed by atoms with E-state index in [9.17, 15) is 0 Å². The first-order chi connectivity index (χ1) is 9.10. The number of hydrogen-bond donors (Lipinski definition) is 1. The number of benzene rings is 2. The molecule has 1 nitrogen and oxygen atoms in total. The van der Waals surface area contributed by atoms with Gasteiger partial charge in [0.05, 0.1) is 0 Å². The summed E-state index contributed by atoms with van der Waals surface area (Å²) in [4.78, 5) is 0. The first-order valence-corrected chi connectivity index (χ1v) is 6.99. The monoisotopic (exact) mass is 253 g/mol. The molecule has 0 spiro atoms. The molecule has 0 atom stereocenters. The van der Waals surface area contributed by atoms with Crippen molar-refractivity contribution in [2.24, 2.45) is 11.7 Å². The molecular formula is C18H23N. The van der Waals surface area contributed by atoms with Crippen LogP contribution in [0.2, 0.25) is 0 Å². The fraction of sp³-hybridized carbons (Fsp3) is 0.333. The maximum atomic E-state index is 5.67. The van der Waals surface area contributed by atoms with Gasteiger partial charge in [0.15, 0.2) is 0 Å². The van der Waals surface area contributed by atoms with Crippen molar-refractivity contribution in [3.8, 4) is 11.1 Å². The van der Waals surface area contributed by atoms with Gasteiger partial charge < -0.3 is 5.73 Å². The largest absolute Gasteiger partial charge is 0.326 e. The molecule has 0 amide bonds. The summed E-state index contributed by atoms with van der Waals surface area (Å²) in [5.74, 6) is 0.705. The van der Waals surface area contributed by atoms with E-state index in [1.54, 1.807) is 0 Å². The van der Waals surface area contributed by atoms with Crippen LogP contribution in [0.1, 0.15) is 30.5 Å². The molecule has 2 N–H and O–H groups in total. The summed E-state index contributed by atoms with van der Waals surface area (Å²) >= 11 is 0. The molecule has 0 aliphatic carbocycles. The van der Waals surface area contributed by atoms with E-state index in [1.165, 1.54) is 27.8 Å². The molecule has 19 heavy (non-hydrogen) atoms. The number of hydrogen-bond acceptors (Lipinski definition) is 1. The first kappa shape index (κ1) is 13.8. The van der Waals surface area contributed by atoms with Gasteiger partial charge in [0.1, 0.15) is 0 Å². The second kappa shape index (κ2) is 6.03. The van der Waals surface area contributed by atoms with Crippen molar-refractivity contribution >= 4 is 0 Å². The normalized spacial score (nSPS) is 11.0. The van der Waals surface area contributed by atoms with Crippen LogP contribution in [-0.2, 0) is 13.0 Å². The van der Waals surface area contributed by atoms with Crippen LogP contribution in [0, 0.1) is 12.8 Å². The molecule has 2 aromatic rings. The minimum absolute atomic E-state index is 0.606. The van der Waals surface area contributed by atoms with Crippen molar-refractivity contribution in [2.45, 2.75) is 33.7 Å². The Morgan fingerprint density at radius 1 is 0.947 bits per heavy atom. The van der Waals surface area contributed by atoms with Crippen LogP contribution >= 0.6 is 0 Å². The number of rotatable bonds is 4. The van der Waals surface area contributed by atoms with Crippen molar-refractivity contribution < 1.29 is 0 Å². The van der Waals surface area contributed by atoms with Gasteiger partial charge in [0.2, 0.25) is 0 Å². The van der Waals surface area contributed by atoms with E-state index in [4.69, 9.17) is 5.73 Å². The van der Waals surface area contributed by atoms with Gasteiger partial charge in [-0.2, -0.15) is 0 Å². The van der Waals surface area contributed by atoms with E-state index >= 15 is 0 Å². The zero-order chi connectivity index (χ0) is 13.8. The van der Waals surface area contributed by atoms with E-state index in [1.807, 2.05) is 0 Å². The van der Waals surface area contributed by atoms with Crippen LogP contribution in [0.15, 0.2) is 42.5 Å². The molecule has 0 aromatic heterocycles. The van der Waals surface area contributed by atoms with Crippen molar-refractivity contribution in [1.82, 2.24) is 0 Å². The van der Waals surface area contributed by atoms with E-state index in [0.29, 0.717) is 12.5 Å². The topological polar surface area (TPSA) is 26.0 Å². The Labute approximate surface area is 116 Å². The molecule has 0 aliphatic rings. The average molecular weight is 253 g/mol. The molecule has 0 fully saturated rings. The van der Waals surface area contributed by atoms with Crippen LogP contribution in [0.4, 0.5) is 0 Å². The molecular weight excluding hydrogens is 230 g/mol. The highest BCUT2D eigenvalue weighted by atomic mass is 14.5. The van der Waals surface area contributed by atoms with Crippen molar-refractivity contribution in [3.63, 3.8) is 0 Å². The molecule has 2 rings (SSSR count). The molecule has 0 aliphatic heterocycles. The van der Waals surface area contributed by atoms with Gasteiger partial charge in [0.25, 0.3) is 0 Å². The van der Waals surface area contributed by atoms with Crippen LogP contribution in [0.3, 0.4) is 0 Å². The SMILES string of the molecule is Cc1cc(CN)ccc1-c1ccc(CC(C)C)cc1. The van der Waals surface area contributed by atoms with Crippen molar-refractivity contribution in [3.05, 3.63) is 59.2 Å². The molecule has 0 radical (unpaired) electrons. The van der Waals surface area contributed by atoms with E-state index in [0.717, 1.165) is 6.42 Å². The van der Waals surface area contributed by atoms with Crippen LogP contribution in [0.5, 0.6) is 0 Å². The maximum Gasteiger partial charge on any atom is 0.0178 e. The third-order valence-electron chi connectivity index (χ3n) is 3.44. The first-order valence-electron chi connectivity index (χ1n) is 6.99. The predicted octanol–water partition coefficient (Wildman–Crippen LogP) is 4.32. The Morgan fingerprint density at radius 3 is 2.11 bits per heavy atom. The number of aryl methyl sites for hydroxylation is 1. The Kier molecular flexibility index (Phi) is 4.39. The Morgan fingerprint density at radius 2 is 1.58 bits per heavy atom. The molecule has 2 aromatic carbocycles. The summed E-state index contributed by atoms with van der Waals surface area (Å²) in [6, 6.07) is 15.4. The van der Waals surface area contributed by atoms with Crippen molar-refractivity contribution in [2.75, 3.05) is 0 Å². The second-order valence-electron chi connectivity index (χ2n) is 5.65. The standard InChI is InChI=1S/C18H23N/c1-13(2)10-15-4-7-17(8-5-15)18-9-6-16(12-19)11-14(18)3/h4-9,11,13H,10,12,19H2,1-3H3. The predicted molar refractivity (Wildman–Crippen MR) is 83.0 cm³/mol. The van der Waals surface area contributed by atoms with Gasteiger partial charge in [-0.1, -0.05) is 56.3 Å². The Hall–Kier alpha value is -1.60.